The number of phenolic OH excluding ortho intramolecular Hbond substituents is 1. The molecule has 6 nitrogen and oxygen atoms in total. The highest BCUT2D eigenvalue weighted by Gasteiger charge is 2.51. The Morgan fingerprint density at radius 1 is 1.15 bits per heavy atom. The summed E-state index contributed by atoms with van der Waals surface area (Å²) in [4.78, 5) is 25.0. The maximum atomic E-state index is 12.7. The molecule has 1 amide bonds. The van der Waals surface area contributed by atoms with Crippen LogP contribution >= 0.6 is 0 Å². The summed E-state index contributed by atoms with van der Waals surface area (Å²) in [5.41, 5.74) is -0.0976. The molecule has 0 heterocycles. The monoisotopic (exact) mass is 373 g/mol. The van der Waals surface area contributed by atoms with Gasteiger partial charge in [0.15, 0.2) is 6.10 Å². The number of hydrogen-bond donors (Lipinski definition) is 2. The average molecular weight is 373 g/mol. The lowest BCUT2D eigenvalue weighted by atomic mass is 9.53. The fourth-order valence-corrected chi connectivity index (χ4v) is 5.72. The number of methoxy groups -OCH3 is 1. The smallest absolute Gasteiger partial charge is 0.342 e. The predicted octanol–water partition coefficient (Wildman–Crippen LogP) is 3.03. The number of amides is 1. The van der Waals surface area contributed by atoms with Crippen molar-refractivity contribution < 1.29 is 24.2 Å². The first kappa shape index (κ1) is 18.1. The standard InChI is InChI=1S/C21H27NO5/c1-12(27-20(25)17-4-3-16(26-2)8-18(17)23)19(24)22-21-9-13-5-14(10-21)7-15(6-13)11-21/h3-4,8,12-15,23H,5-7,9-11H2,1-2H3,(H,22,24)/t12-,13?,14?,15?,21?/m0/s1. The van der Waals surface area contributed by atoms with Crippen LogP contribution in [-0.2, 0) is 9.53 Å². The number of ether oxygens (including phenoxy) is 2. The van der Waals surface area contributed by atoms with E-state index in [9.17, 15) is 14.7 Å². The highest BCUT2D eigenvalue weighted by atomic mass is 16.5. The number of esters is 1. The molecule has 27 heavy (non-hydrogen) atoms. The maximum absolute atomic E-state index is 12.7. The molecule has 0 aromatic heterocycles. The second-order valence-electron chi connectivity index (χ2n) is 8.62. The van der Waals surface area contributed by atoms with Gasteiger partial charge in [-0.2, -0.15) is 0 Å². The van der Waals surface area contributed by atoms with Gasteiger partial charge in [0, 0.05) is 11.6 Å². The van der Waals surface area contributed by atoms with Crippen molar-refractivity contribution in [3.8, 4) is 11.5 Å². The number of carbonyl (C=O) groups is 2. The first-order valence-corrected chi connectivity index (χ1v) is 9.77. The van der Waals surface area contributed by atoms with Gasteiger partial charge < -0.3 is 19.9 Å². The molecule has 5 rings (SSSR count). The lowest BCUT2D eigenvalue weighted by Crippen LogP contribution is -2.61. The van der Waals surface area contributed by atoms with E-state index in [1.54, 1.807) is 13.0 Å². The normalized spacial score (nSPS) is 32.0. The van der Waals surface area contributed by atoms with Crippen molar-refractivity contribution in [3.63, 3.8) is 0 Å². The van der Waals surface area contributed by atoms with E-state index in [-0.39, 0.29) is 22.8 Å². The second kappa shape index (κ2) is 6.73. The van der Waals surface area contributed by atoms with Crippen molar-refractivity contribution in [2.24, 2.45) is 17.8 Å². The molecule has 1 aromatic carbocycles. The minimum atomic E-state index is -0.910. The zero-order chi connectivity index (χ0) is 19.2. The van der Waals surface area contributed by atoms with Crippen LogP contribution in [0.25, 0.3) is 0 Å². The fraction of sp³-hybridized carbons (Fsp3) is 0.619. The number of hydrogen-bond acceptors (Lipinski definition) is 5. The van der Waals surface area contributed by atoms with Crippen molar-refractivity contribution in [1.29, 1.82) is 0 Å². The van der Waals surface area contributed by atoms with Gasteiger partial charge in [-0.15, -0.1) is 0 Å². The largest absolute Gasteiger partial charge is 0.507 e. The number of nitrogens with one attached hydrogen (secondary N) is 1. The molecule has 0 aliphatic heterocycles. The summed E-state index contributed by atoms with van der Waals surface area (Å²) in [6, 6.07) is 4.34. The Hall–Kier alpha value is -2.24. The van der Waals surface area contributed by atoms with E-state index < -0.39 is 12.1 Å². The highest BCUT2D eigenvalue weighted by molar-refractivity contribution is 5.94. The van der Waals surface area contributed by atoms with E-state index in [1.807, 2.05) is 0 Å². The number of aromatic hydroxyl groups is 1. The number of phenols is 1. The zero-order valence-electron chi connectivity index (χ0n) is 15.9. The molecule has 0 unspecified atom stereocenters. The van der Waals surface area contributed by atoms with Gasteiger partial charge in [-0.1, -0.05) is 0 Å². The number of benzene rings is 1. The lowest BCUT2D eigenvalue weighted by Gasteiger charge is -2.57. The van der Waals surface area contributed by atoms with E-state index >= 15 is 0 Å². The van der Waals surface area contributed by atoms with Crippen LogP contribution in [0.5, 0.6) is 11.5 Å². The van der Waals surface area contributed by atoms with Crippen LogP contribution in [0.15, 0.2) is 18.2 Å². The summed E-state index contributed by atoms with van der Waals surface area (Å²) in [5, 5.41) is 13.2. The number of carbonyl (C=O) groups excluding carboxylic acids is 2. The van der Waals surface area contributed by atoms with Crippen LogP contribution in [-0.4, -0.2) is 35.7 Å². The summed E-state index contributed by atoms with van der Waals surface area (Å²) in [7, 11) is 1.48. The van der Waals surface area contributed by atoms with Crippen molar-refractivity contribution in [3.05, 3.63) is 23.8 Å². The Morgan fingerprint density at radius 2 is 1.74 bits per heavy atom. The first-order chi connectivity index (χ1) is 12.9. The molecule has 4 saturated carbocycles. The van der Waals surface area contributed by atoms with Crippen molar-refractivity contribution >= 4 is 11.9 Å². The molecule has 2 N–H and O–H groups in total. The molecule has 146 valence electrons. The van der Waals surface area contributed by atoms with Crippen LogP contribution in [0.2, 0.25) is 0 Å². The van der Waals surface area contributed by atoms with Gasteiger partial charge in [-0.3, -0.25) is 4.79 Å². The highest BCUT2D eigenvalue weighted by Crippen LogP contribution is 2.55. The Labute approximate surface area is 159 Å². The van der Waals surface area contributed by atoms with E-state index in [0.29, 0.717) is 5.75 Å². The summed E-state index contributed by atoms with van der Waals surface area (Å²) in [6.45, 7) is 1.58. The molecule has 4 aliphatic rings. The van der Waals surface area contributed by atoms with Crippen LogP contribution in [0, 0.1) is 17.8 Å². The summed E-state index contributed by atoms with van der Waals surface area (Å²) in [5.74, 6) is 1.42. The van der Waals surface area contributed by atoms with Gasteiger partial charge in [0.2, 0.25) is 0 Å². The van der Waals surface area contributed by atoms with Crippen molar-refractivity contribution in [2.75, 3.05) is 7.11 Å². The Morgan fingerprint density at radius 3 is 2.26 bits per heavy atom. The molecule has 1 aromatic rings. The fourth-order valence-electron chi connectivity index (χ4n) is 5.72. The quantitative estimate of drug-likeness (QED) is 0.775. The van der Waals surface area contributed by atoms with Gasteiger partial charge in [0.25, 0.3) is 5.91 Å². The maximum Gasteiger partial charge on any atom is 0.342 e. The molecule has 4 bridgehead atoms. The van der Waals surface area contributed by atoms with Crippen LogP contribution in [0.3, 0.4) is 0 Å². The number of rotatable bonds is 5. The molecule has 4 aliphatic carbocycles. The lowest BCUT2D eigenvalue weighted by molar-refractivity contribution is -0.134. The molecule has 1 atom stereocenters. The third kappa shape index (κ3) is 3.49. The van der Waals surface area contributed by atoms with E-state index in [0.717, 1.165) is 37.0 Å². The van der Waals surface area contributed by atoms with E-state index in [4.69, 9.17) is 9.47 Å². The van der Waals surface area contributed by atoms with Gasteiger partial charge in [-0.05, 0) is 75.3 Å². The van der Waals surface area contributed by atoms with Crippen LogP contribution in [0.1, 0.15) is 55.8 Å². The van der Waals surface area contributed by atoms with Crippen LogP contribution < -0.4 is 10.1 Å². The van der Waals surface area contributed by atoms with Gasteiger partial charge >= 0.3 is 5.97 Å². The zero-order valence-corrected chi connectivity index (χ0v) is 15.9. The summed E-state index contributed by atoms with van der Waals surface area (Å²) < 4.78 is 10.3. The molecule has 0 spiro atoms. The first-order valence-electron chi connectivity index (χ1n) is 9.77. The van der Waals surface area contributed by atoms with Gasteiger partial charge in [0.1, 0.15) is 17.1 Å². The van der Waals surface area contributed by atoms with E-state index in [2.05, 4.69) is 5.32 Å². The predicted molar refractivity (Wildman–Crippen MR) is 98.6 cm³/mol. The molecule has 6 heteroatoms. The topological polar surface area (TPSA) is 84.9 Å². The van der Waals surface area contributed by atoms with Gasteiger partial charge in [0.05, 0.1) is 7.11 Å². The second-order valence-corrected chi connectivity index (χ2v) is 8.62. The summed E-state index contributed by atoms with van der Waals surface area (Å²) in [6.07, 6.45) is 6.13. The third-order valence-corrected chi connectivity index (χ3v) is 6.50. The van der Waals surface area contributed by atoms with Crippen molar-refractivity contribution in [1.82, 2.24) is 5.32 Å². The minimum absolute atomic E-state index is 0.0188. The Kier molecular flexibility index (Phi) is 4.52. The molecular formula is C21H27NO5. The molecule has 0 radical (unpaired) electrons. The van der Waals surface area contributed by atoms with Crippen molar-refractivity contribution in [2.45, 2.75) is 57.1 Å². The minimum Gasteiger partial charge on any atom is -0.507 e. The SMILES string of the molecule is COc1ccc(C(=O)O[C@@H](C)C(=O)NC23CC4CC(CC(C4)C2)C3)c(O)c1. The summed E-state index contributed by atoms with van der Waals surface area (Å²) >= 11 is 0. The molecular weight excluding hydrogens is 346 g/mol. The molecule has 4 fully saturated rings. The van der Waals surface area contributed by atoms with Crippen LogP contribution in [0.4, 0.5) is 0 Å². The van der Waals surface area contributed by atoms with Gasteiger partial charge in [-0.25, -0.2) is 4.79 Å². The molecule has 0 saturated heterocycles. The third-order valence-electron chi connectivity index (χ3n) is 6.50. The van der Waals surface area contributed by atoms with E-state index in [1.165, 1.54) is 38.5 Å². The Balaban J connectivity index is 1.39. The average Bonchev–Trinajstić information content (AvgIpc) is 2.59. The Bertz CT molecular complexity index is 724.